The van der Waals surface area contributed by atoms with E-state index in [4.69, 9.17) is 21.1 Å². The Hall–Kier alpha value is -6.84. The molecule has 0 spiro atoms. The Morgan fingerprint density at radius 1 is 0.820 bits per heavy atom. The topological polar surface area (TPSA) is 233 Å². The number of carbonyl (C=O) groups excluding carboxylic acids is 5. The third kappa shape index (κ3) is 16.8. The lowest BCUT2D eigenvalue weighted by atomic mass is 9.73. The molecule has 2 unspecified atom stereocenters. The number of anilines is 3. The predicted molar refractivity (Wildman–Crippen MR) is 335 cm³/mol. The summed E-state index contributed by atoms with van der Waals surface area (Å²) in [6.45, 7) is 10.5. The van der Waals surface area contributed by atoms with Crippen LogP contribution in [0.25, 0.3) is 5.57 Å². The van der Waals surface area contributed by atoms with Crippen LogP contribution >= 0.6 is 23.4 Å². The van der Waals surface area contributed by atoms with E-state index in [1.54, 1.807) is 24.3 Å². The quantitative estimate of drug-likeness (QED) is 0.0218. The van der Waals surface area contributed by atoms with Crippen LogP contribution in [0.15, 0.2) is 136 Å². The number of rotatable bonds is 27. The van der Waals surface area contributed by atoms with Crippen molar-refractivity contribution in [3.63, 3.8) is 0 Å². The van der Waals surface area contributed by atoms with Crippen LogP contribution in [-0.2, 0) is 38.9 Å². The van der Waals surface area contributed by atoms with Gasteiger partial charge in [-0.1, -0.05) is 67.4 Å². The predicted octanol–water partition coefficient (Wildman–Crippen LogP) is 8.98. The normalized spacial score (nSPS) is 17.9. The van der Waals surface area contributed by atoms with E-state index in [1.165, 1.54) is 46.7 Å². The van der Waals surface area contributed by atoms with Crippen molar-refractivity contribution in [1.82, 2.24) is 24.7 Å². The summed E-state index contributed by atoms with van der Waals surface area (Å²) in [5, 5.41) is 8.97. The summed E-state index contributed by atoms with van der Waals surface area (Å²) in [7, 11) is -9.27. The number of amides is 5. The van der Waals surface area contributed by atoms with Gasteiger partial charge in [0, 0.05) is 90.9 Å². The molecule has 19 nitrogen and oxygen atoms in total. The van der Waals surface area contributed by atoms with Gasteiger partial charge in [0.2, 0.25) is 11.8 Å². The lowest BCUT2D eigenvalue weighted by Crippen LogP contribution is -2.54. The molecule has 476 valence electrons. The lowest BCUT2D eigenvalue weighted by Gasteiger charge is -2.39. The Bertz CT molecular complexity index is 3670. The van der Waals surface area contributed by atoms with Crippen molar-refractivity contribution in [2.24, 2.45) is 5.41 Å². The Balaban J connectivity index is 0.762. The van der Waals surface area contributed by atoms with E-state index in [-0.39, 0.29) is 73.7 Å². The van der Waals surface area contributed by atoms with E-state index in [1.807, 2.05) is 59.1 Å². The fraction of sp³-hybridized carbons (Fsp3) is 0.413. The second-order valence-corrected chi connectivity index (χ2v) is 28.3. The summed E-state index contributed by atoms with van der Waals surface area (Å²) in [6, 6.07) is 28.9. The van der Waals surface area contributed by atoms with Gasteiger partial charge in [0.15, 0.2) is 0 Å². The van der Waals surface area contributed by atoms with Crippen LogP contribution in [0.5, 0.6) is 0 Å². The Kier molecular flexibility index (Phi) is 21.7. The number of piperazine rings is 1. The van der Waals surface area contributed by atoms with Crippen LogP contribution in [0.4, 0.5) is 30.2 Å². The molecule has 3 heterocycles. The molecule has 2 saturated heterocycles. The molecule has 5 aromatic carbocycles. The summed E-state index contributed by atoms with van der Waals surface area (Å²) < 4.78 is 111. The number of thioether (sulfide) groups is 1. The maximum atomic E-state index is 14.4. The number of piperidine rings is 1. The molecule has 1 aliphatic carbocycles. The average molecular weight is 1310 g/mol. The average Bonchev–Trinajstić information content (AvgIpc) is 1.98. The zero-order valence-corrected chi connectivity index (χ0v) is 52.8. The number of likely N-dealkylation sites (N-methyl/N-ethyl adjacent to an activating group) is 1. The number of hydrogen-bond acceptors (Lipinski definition) is 17. The minimum Gasteiger partial charge on any atom is -0.382 e. The summed E-state index contributed by atoms with van der Waals surface area (Å²) in [5.74, 6) is -3.21. The monoisotopic (exact) mass is 1300 g/mol. The molecule has 0 radical (unpaired) electrons. The third-order valence-electron chi connectivity index (χ3n) is 16.2. The Morgan fingerprint density at radius 3 is 2.22 bits per heavy atom. The van der Waals surface area contributed by atoms with Crippen LogP contribution in [0.1, 0.15) is 89.0 Å². The number of carbonyl (C=O) groups is 5. The van der Waals surface area contributed by atoms with Gasteiger partial charge in [-0.3, -0.25) is 39.1 Å². The molecule has 0 saturated carbocycles. The molecule has 4 N–H and O–H groups in total. The number of hydrogen-bond donors (Lipinski definition) is 4. The largest absolute Gasteiger partial charge is 0.501 e. The van der Waals surface area contributed by atoms with Crippen molar-refractivity contribution < 1.29 is 63.5 Å². The highest BCUT2D eigenvalue weighted by Crippen LogP contribution is 2.43. The van der Waals surface area contributed by atoms with E-state index in [2.05, 4.69) is 51.7 Å². The van der Waals surface area contributed by atoms with Gasteiger partial charge in [-0.15, -0.1) is 11.8 Å². The maximum Gasteiger partial charge on any atom is 0.501 e. The first-order valence-corrected chi connectivity index (χ1v) is 33.6. The van der Waals surface area contributed by atoms with Crippen molar-refractivity contribution >= 4 is 95.4 Å². The highest BCUT2D eigenvalue weighted by molar-refractivity contribution is 7.99. The van der Waals surface area contributed by atoms with Crippen molar-refractivity contribution in [2.45, 2.75) is 84.7 Å². The number of alkyl halides is 3. The first-order chi connectivity index (χ1) is 42.4. The molecule has 5 aromatic rings. The SMILES string of the molecule is CN(CCOCCOCCNc1cccc2c1C(=O)N(C1CCC(=O)NC1=O)C2=O)CCC(CSc1ccccc1)Nc1ccc(S(=O)(=O)NC(=O)c2ccc(N3CCN(CC4=C(c5ccc(Cl)cc5)CCC(C)(C)C4)CC3)cc2)cc1S(=O)(=O)C(F)(F)F. The molecule has 2 fully saturated rings. The minimum atomic E-state index is -6.16. The van der Waals surface area contributed by atoms with Gasteiger partial charge in [0.05, 0.1) is 48.1 Å². The number of nitrogens with zero attached hydrogens (tertiary/aromatic N) is 4. The fourth-order valence-corrected chi connectivity index (χ4v) is 14.4. The zero-order chi connectivity index (χ0) is 63.7. The molecular weight excluding hydrogens is 1230 g/mol. The first-order valence-electron chi connectivity index (χ1n) is 29.3. The van der Waals surface area contributed by atoms with Crippen LogP contribution in [-0.4, -0.2) is 170 Å². The minimum absolute atomic E-state index is 0.00531. The molecule has 0 aromatic heterocycles. The number of benzene rings is 5. The van der Waals surface area contributed by atoms with E-state index in [9.17, 15) is 54.0 Å². The van der Waals surface area contributed by atoms with Gasteiger partial charge in [-0.25, -0.2) is 21.6 Å². The van der Waals surface area contributed by atoms with Crippen LogP contribution in [0, 0.1) is 5.41 Å². The standard InChI is InChI=1S/C63H72ClF3N8O11S3/c1-62(2)26-24-50(42-12-16-45(64)17-13-42)44(39-62)40-73-29-31-74(32-30-73)47-18-14-43(15-19-47)58(77)71-89(83,84)49-20-21-52(55(38-49)88(81,82)63(65,66)67)69-46(41-87-48-8-5-4-6-9-48)25-28-72(3)33-35-86-37-36-85-34-27-68-53-11-7-10-51-57(53)61(80)75(60(51)79)54-22-23-56(76)70-59(54)78/h4-21,38,46,54,68-69H,22-37,39-41H2,1-3H3,(H,71,77)(H,70,76,78). The zero-order valence-electron chi connectivity index (χ0n) is 49.6. The number of imide groups is 2. The van der Waals surface area contributed by atoms with Crippen LogP contribution < -0.4 is 25.6 Å². The van der Waals surface area contributed by atoms with Gasteiger partial charge < -0.3 is 29.9 Å². The maximum absolute atomic E-state index is 14.4. The van der Waals surface area contributed by atoms with Gasteiger partial charge in [-0.05, 0) is 141 Å². The van der Waals surface area contributed by atoms with Crippen molar-refractivity contribution in [1.29, 1.82) is 0 Å². The number of allylic oxidation sites excluding steroid dienone is 1. The second kappa shape index (κ2) is 29.0. The second-order valence-electron chi connectivity index (χ2n) is 23.2. The van der Waals surface area contributed by atoms with Crippen molar-refractivity contribution in [2.75, 3.05) is 107 Å². The van der Waals surface area contributed by atoms with E-state index in [0.29, 0.717) is 49.4 Å². The molecule has 26 heteroatoms. The molecule has 0 bridgehead atoms. The van der Waals surface area contributed by atoms with Crippen molar-refractivity contribution in [3.8, 4) is 0 Å². The number of sulfone groups is 1. The van der Waals surface area contributed by atoms with E-state index in [0.717, 1.165) is 66.5 Å². The number of sulfonamides is 1. The summed E-state index contributed by atoms with van der Waals surface area (Å²) in [4.78, 5) is 70.3. The molecule has 89 heavy (non-hydrogen) atoms. The van der Waals surface area contributed by atoms with E-state index < -0.39 is 82.5 Å². The number of fused-ring (bicyclic) bond motifs is 1. The highest BCUT2D eigenvalue weighted by atomic mass is 35.5. The molecular formula is C63H72ClF3N8O11S3. The van der Waals surface area contributed by atoms with Crippen molar-refractivity contribution in [3.05, 3.63) is 148 Å². The van der Waals surface area contributed by atoms with Crippen LogP contribution in [0.3, 0.4) is 0 Å². The number of halogens is 4. The number of nitrogens with one attached hydrogen (secondary N) is 4. The molecule has 5 amide bonds. The highest BCUT2D eigenvalue weighted by Gasteiger charge is 2.49. The fourth-order valence-electron chi connectivity index (χ4n) is 11.3. The van der Waals surface area contributed by atoms with Gasteiger partial charge in [-0.2, -0.15) is 13.2 Å². The Morgan fingerprint density at radius 2 is 1.53 bits per heavy atom. The molecule has 4 aliphatic rings. The molecule has 9 rings (SSSR count). The van der Waals surface area contributed by atoms with E-state index >= 15 is 0 Å². The lowest BCUT2D eigenvalue weighted by molar-refractivity contribution is -0.136. The molecule has 2 atom stereocenters. The summed E-state index contributed by atoms with van der Waals surface area (Å²) >= 11 is 7.59. The van der Waals surface area contributed by atoms with Gasteiger partial charge in [0.1, 0.15) is 10.9 Å². The summed E-state index contributed by atoms with van der Waals surface area (Å²) in [6.07, 6.45) is 3.43. The summed E-state index contributed by atoms with van der Waals surface area (Å²) in [5.41, 5.74) is -0.647. The van der Waals surface area contributed by atoms with Gasteiger partial charge >= 0.3 is 5.51 Å². The van der Waals surface area contributed by atoms with Crippen LogP contribution in [0.2, 0.25) is 5.02 Å². The first kappa shape index (κ1) is 66.6. The Labute approximate surface area is 526 Å². The molecule has 3 aliphatic heterocycles. The van der Waals surface area contributed by atoms with Gasteiger partial charge in [0.25, 0.3) is 37.6 Å². The smallest absolute Gasteiger partial charge is 0.382 e. The number of ether oxygens (including phenoxy) is 2. The third-order valence-corrected chi connectivity index (χ3v) is 20.4.